The summed E-state index contributed by atoms with van der Waals surface area (Å²) < 4.78 is 119. The third kappa shape index (κ3) is 4.88. The van der Waals surface area contributed by atoms with E-state index in [0.29, 0.717) is 28.5 Å². The van der Waals surface area contributed by atoms with Gasteiger partial charge in [0, 0.05) is 34.8 Å². The van der Waals surface area contributed by atoms with Crippen LogP contribution in [0.15, 0.2) is 34.8 Å². The number of hydrogen-bond donors (Lipinski definition) is 0. The molecule has 0 unspecified atom stereocenters. The Bertz CT molecular complexity index is 1520. The maximum absolute atomic E-state index is 14.9. The maximum atomic E-state index is 14.9. The largest absolute Gasteiger partial charge is 0.482 e. The molecule has 0 saturated heterocycles. The van der Waals surface area contributed by atoms with Crippen LogP contribution < -0.4 is 9.64 Å². The van der Waals surface area contributed by atoms with Crippen molar-refractivity contribution < 1.29 is 49.4 Å². The number of halogens is 9. The normalized spacial score (nSPS) is 14.2. The predicted octanol–water partition coefficient (Wildman–Crippen LogP) is 6.95. The first-order valence-corrected chi connectivity index (χ1v) is 12.3. The lowest BCUT2D eigenvalue weighted by atomic mass is 10.00. The molecule has 2 amide bonds. The van der Waals surface area contributed by atoms with Gasteiger partial charge in [-0.1, -0.05) is 15.9 Å². The summed E-state index contributed by atoms with van der Waals surface area (Å²) in [7, 11) is 0. The van der Waals surface area contributed by atoms with E-state index in [-0.39, 0.29) is 17.2 Å². The van der Waals surface area contributed by atoms with E-state index < -0.39 is 81.9 Å². The fourth-order valence-corrected chi connectivity index (χ4v) is 4.64. The third-order valence-electron chi connectivity index (χ3n) is 6.23. The Morgan fingerprint density at radius 2 is 1.50 bits per heavy atom. The topological polar surface area (TPSA) is 49.9 Å². The van der Waals surface area contributed by atoms with E-state index in [2.05, 4.69) is 20.7 Å². The molecule has 3 aromatic carbocycles. The lowest BCUT2D eigenvalue weighted by Gasteiger charge is -2.34. The molecule has 3 aromatic rings. The van der Waals surface area contributed by atoms with Gasteiger partial charge in [-0.2, -0.15) is 8.78 Å². The minimum atomic E-state index is -4.53. The first-order chi connectivity index (χ1) is 18.7. The van der Waals surface area contributed by atoms with E-state index in [1.807, 2.05) is 0 Å². The lowest BCUT2D eigenvalue weighted by Crippen LogP contribution is -2.50. The average Bonchev–Trinajstić information content (AvgIpc) is 2.90. The van der Waals surface area contributed by atoms with Crippen molar-refractivity contribution in [3.05, 3.63) is 80.8 Å². The van der Waals surface area contributed by atoms with Crippen LogP contribution in [-0.4, -0.2) is 35.9 Å². The van der Waals surface area contributed by atoms with E-state index in [1.54, 1.807) is 13.8 Å². The minimum Gasteiger partial charge on any atom is -0.423 e. The van der Waals surface area contributed by atoms with E-state index in [1.165, 1.54) is 23.1 Å². The predicted molar refractivity (Wildman–Crippen MR) is 130 cm³/mol. The molecule has 0 aliphatic carbocycles. The van der Waals surface area contributed by atoms with Crippen molar-refractivity contribution in [3.63, 3.8) is 0 Å². The molecule has 0 atom stereocenters. The van der Waals surface area contributed by atoms with Crippen molar-refractivity contribution in [2.45, 2.75) is 26.5 Å². The molecular formula is C26H17BrF8N2O3. The van der Waals surface area contributed by atoms with Crippen molar-refractivity contribution >= 4 is 33.4 Å². The van der Waals surface area contributed by atoms with E-state index in [9.17, 15) is 44.7 Å². The lowest BCUT2D eigenvalue weighted by molar-refractivity contribution is -0.193. The highest BCUT2D eigenvalue weighted by atomic mass is 79.9. The highest BCUT2D eigenvalue weighted by Gasteiger charge is 2.51. The molecule has 0 bridgehead atoms. The molecule has 4 rings (SSSR count). The second-order valence-electron chi connectivity index (χ2n) is 8.53. The number of rotatable bonds is 6. The van der Waals surface area contributed by atoms with Crippen LogP contribution >= 0.6 is 15.9 Å². The summed E-state index contributed by atoms with van der Waals surface area (Å²) in [6.45, 7) is 3.27. The number of fused-ring (bicyclic) bond motifs is 1. The number of nitrogens with zero attached hydrogens (tertiary/aromatic N) is 2. The number of hydrogen-bond acceptors (Lipinski definition) is 3. The molecule has 5 nitrogen and oxygen atoms in total. The molecule has 0 aromatic heterocycles. The Morgan fingerprint density at radius 1 is 0.925 bits per heavy atom. The van der Waals surface area contributed by atoms with Gasteiger partial charge in [0.2, 0.25) is 5.82 Å². The van der Waals surface area contributed by atoms with E-state index in [4.69, 9.17) is 0 Å². The zero-order chi connectivity index (χ0) is 29.7. The van der Waals surface area contributed by atoms with Crippen LogP contribution in [0, 0.1) is 34.9 Å². The Balaban J connectivity index is 1.92. The summed E-state index contributed by atoms with van der Waals surface area (Å²) in [4.78, 5) is 27.7. The first kappa shape index (κ1) is 29.3. The Morgan fingerprint density at radius 3 is 2.08 bits per heavy atom. The zero-order valence-electron chi connectivity index (χ0n) is 20.5. The van der Waals surface area contributed by atoms with Crippen molar-refractivity contribution in [2.75, 3.05) is 18.0 Å². The van der Waals surface area contributed by atoms with Gasteiger partial charge in [-0.25, -0.2) is 26.3 Å². The highest BCUT2D eigenvalue weighted by Crippen LogP contribution is 2.45. The fraction of sp³-hybridized carbons (Fsp3) is 0.231. The van der Waals surface area contributed by atoms with Gasteiger partial charge in [0.25, 0.3) is 5.91 Å². The Hall–Kier alpha value is -3.68. The van der Waals surface area contributed by atoms with Crippen LogP contribution in [0.25, 0.3) is 11.1 Å². The third-order valence-corrected chi connectivity index (χ3v) is 6.72. The summed E-state index contributed by atoms with van der Waals surface area (Å²) in [5.41, 5.74) is -3.49. The summed E-state index contributed by atoms with van der Waals surface area (Å²) in [6, 6.07) is 4.94. The molecule has 212 valence electrons. The summed E-state index contributed by atoms with van der Waals surface area (Å²) in [5.74, 6) is -17.1. The van der Waals surface area contributed by atoms with Gasteiger partial charge in [0.15, 0.2) is 29.0 Å². The highest BCUT2D eigenvalue weighted by molar-refractivity contribution is 9.10. The summed E-state index contributed by atoms with van der Waals surface area (Å²) in [6.07, 6.45) is -4.53. The monoisotopic (exact) mass is 636 g/mol. The van der Waals surface area contributed by atoms with Gasteiger partial charge in [-0.15, -0.1) is 0 Å². The molecule has 0 fully saturated rings. The summed E-state index contributed by atoms with van der Waals surface area (Å²) >= 11 is 3.20. The number of alkyl halides is 2. The van der Waals surface area contributed by atoms with Gasteiger partial charge < -0.3 is 9.64 Å². The molecule has 1 aliphatic heterocycles. The standard InChI is InChI=1S/C26H17BrF8N2O3/c1-3-36(4-2)24(38)13-6-5-12(27)7-11(13)10-37-16-8-14(15(28)9-17(16)40-26(34,35)25(37)39)18-19(29)21(31)23(33)22(32)20(18)30/h5-9H,3-4,10H2,1-2H3. The minimum absolute atomic E-state index is 0.0261. The maximum Gasteiger partial charge on any atom is 0.482 e. The molecule has 0 spiro atoms. The van der Waals surface area contributed by atoms with Crippen molar-refractivity contribution in [2.24, 2.45) is 0 Å². The zero-order valence-corrected chi connectivity index (χ0v) is 22.1. The van der Waals surface area contributed by atoms with Crippen LogP contribution in [0.4, 0.5) is 40.8 Å². The van der Waals surface area contributed by atoms with Gasteiger partial charge in [-0.3, -0.25) is 14.5 Å². The van der Waals surface area contributed by atoms with Gasteiger partial charge in [-0.05, 0) is 43.7 Å². The number of benzene rings is 3. The molecule has 0 N–H and O–H groups in total. The van der Waals surface area contributed by atoms with Crippen LogP contribution in [0.2, 0.25) is 0 Å². The van der Waals surface area contributed by atoms with Crippen molar-refractivity contribution in [1.29, 1.82) is 0 Å². The van der Waals surface area contributed by atoms with Gasteiger partial charge in [0.05, 0.1) is 17.8 Å². The summed E-state index contributed by atoms with van der Waals surface area (Å²) in [5, 5.41) is 0. The fourth-order valence-electron chi connectivity index (χ4n) is 4.23. The van der Waals surface area contributed by atoms with E-state index >= 15 is 0 Å². The van der Waals surface area contributed by atoms with Crippen molar-refractivity contribution in [1.82, 2.24) is 4.90 Å². The quantitative estimate of drug-likeness (QED) is 0.167. The number of carbonyl (C=O) groups is 2. The second kappa shape index (κ2) is 10.7. The number of carbonyl (C=O) groups excluding carboxylic acids is 2. The molecule has 0 saturated carbocycles. The molecule has 1 aliphatic rings. The first-order valence-electron chi connectivity index (χ1n) is 11.5. The van der Waals surface area contributed by atoms with Gasteiger partial charge >= 0.3 is 12.0 Å². The molecule has 1 heterocycles. The SMILES string of the molecule is CCN(CC)C(=O)c1ccc(Br)cc1CN1C(=O)C(F)(F)Oc2cc(F)c(-c3c(F)c(F)c(F)c(F)c3F)cc21. The number of anilines is 1. The molecule has 40 heavy (non-hydrogen) atoms. The van der Waals surface area contributed by atoms with Crippen LogP contribution in [0.5, 0.6) is 5.75 Å². The average molecular weight is 637 g/mol. The molecular weight excluding hydrogens is 620 g/mol. The Kier molecular flexibility index (Phi) is 7.85. The van der Waals surface area contributed by atoms with Crippen LogP contribution in [-0.2, 0) is 11.3 Å². The number of amides is 2. The Labute approximate surface area is 230 Å². The molecule has 0 radical (unpaired) electrons. The van der Waals surface area contributed by atoms with Crippen LogP contribution in [0.1, 0.15) is 29.8 Å². The van der Waals surface area contributed by atoms with Crippen LogP contribution in [0.3, 0.4) is 0 Å². The van der Waals surface area contributed by atoms with E-state index in [0.717, 1.165) is 0 Å². The van der Waals surface area contributed by atoms with Gasteiger partial charge in [0.1, 0.15) is 5.82 Å². The smallest absolute Gasteiger partial charge is 0.423 e. The molecule has 14 heteroatoms. The second-order valence-corrected chi connectivity index (χ2v) is 9.45. The number of ether oxygens (including phenoxy) is 1. The van der Waals surface area contributed by atoms with Crippen molar-refractivity contribution in [3.8, 4) is 16.9 Å².